The molecule has 8 heteroatoms. The van der Waals surface area contributed by atoms with E-state index in [9.17, 15) is 10.2 Å². The molecule has 3 rings (SSSR count). The van der Waals surface area contributed by atoms with Crippen molar-refractivity contribution >= 4 is 73.7 Å². The van der Waals surface area contributed by atoms with Crippen molar-refractivity contribution in [3.05, 3.63) is 57.6 Å². The molecule has 2 N–H and O–H groups in total. The van der Waals surface area contributed by atoms with Crippen molar-refractivity contribution in [3.8, 4) is 11.5 Å². The van der Waals surface area contributed by atoms with Crippen LogP contribution in [0, 0.1) is 0 Å². The first-order valence-corrected chi connectivity index (χ1v) is 25.5. The summed E-state index contributed by atoms with van der Waals surface area (Å²) < 4.78 is 0.306. The van der Waals surface area contributed by atoms with E-state index in [0.717, 1.165) is 47.9 Å². The van der Waals surface area contributed by atoms with Gasteiger partial charge in [0, 0.05) is 34.7 Å². The van der Waals surface area contributed by atoms with E-state index in [1.807, 2.05) is 12.4 Å². The first-order valence-electron chi connectivity index (χ1n) is 15.4. The molecule has 2 atom stereocenters. The molecule has 2 aromatic rings. The first-order chi connectivity index (χ1) is 19.9. The molecule has 0 heterocycles. The topological polar surface area (TPSA) is 65.2 Å². The summed E-state index contributed by atoms with van der Waals surface area (Å²) in [4.78, 5) is 10.1. The number of rotatable bonds is 4. The summed E-state index contributed by atoms with van der Waals surface area (Å²) in [7, 11) is 0. The van der Waals surface area contributed by atoms with Crippen LogP contribution in [0.5, 0.6) is 11.5 Å². The molecule has 0 spiro atoms. The van der Waals surface area contributed by atoms with Gasteiger partial charge in [-0.05, 0) is 57.8 Å². The Balaban J connectivity index is 0.00000159. The second-order valence-corrected chi connectivity index (χ2v) is 42.4. The van der Waals surface area contributed by atoms with Crippen LogP contribution in [0.2, 0.25) is 0 Å². The standard InChI is InChI=1S/C36H54N2O2.Co.3HI/c1-33(2,3)25-17-23(31(39)27(19-25)35(7,8)9)21-37-29-15-13-14-16-30(29)38-22-24-18-26(34(4,5)6)20-28(32(24)40)36(10,11)12;;;;/h17-22,29-30,39-40H,13-16H2,1-12H3;;3*1H/q;+3;;;/p-3/t29-,30-;;;;/m1..../s1. The van der Waals surface area contributed by atoms with Gasteiger partial charge in [0.15, 0.2) is 0 Å². The third kappa shape index (κ3) is 12.0. The van der Waals surface area contributed by atoms with Gasteiger partial charge in [0.2, 0.25) is 0 Å². The Labute approximate surface area is 306 Å². The average Bonchev–Trinajstić information content (AvgIpc) is 2.84. The van der Waals surface area contributed by atoms with Gasteiger partial charge >= 0.3 is 65.3 Å². The van der Waals surface area contributed by atoms with Crippen LogP contribution in [0.1, 0.15) is 142 Å². The molecule has 1 fully saturated rings. The quantitative estimate of drug-likeness (QED) is 0.237. The molecule has 0 radical (unpaired) electrons. The normalized spacial score (nSPS) is 18.8. The van der Waals surface area contributed by atoms with Gasteiger partial charge < -0.3 is 10.2 Å². The zero-order valence-corrected chi connectivity index (χ0v) is 36.2. The van der Waals surface area contributed by atoms with E-state index in [1.165, 1.54) is 11.1 Å². The predicted molar refractivity (Wildman–Crippen MR) is 214 cm³/mol. The summed E-state index contributed by atoms with van der Waals surface area (Å²) in [6.07, 6.45) is 7.90. The molecule has 44 heavy (non-hydrogen) atoms. The molecule has 250 valence electrons. The molecule has 2 aromatic carbocycles. The van der Waals surface area contributed by atoms with E-state index in [0.29, 0.717) is 15.5 Å². The van der Waals surface area contributed by atoms with Crippen LogP contribution in [-0.4, -0.2) is 34.7 Å². The van der Waals surface area contributed by atoms with Crippen molar-refractivity contribution in [2.24, 2.45) is 9.98 Å². The van der Waals surface area contributed by atoms with Crippen molar-refractivity contribution in [2.45, 2.75) is 143 Å². The zero-order valence-electron chi connectivity index (χ0n) is 28.7. The van der Waals surface area contributed by atoms with Crippen molar-refractivity contribution < 1.29 is 14.2 Å². The number of benzene rings is 2. The fourth-order valence-corrected chi connectivity index (χ4v) is 5.31. The van der Waals surface area contributed by atoms with Crippen LogP contribution in [0.3, 0.4) is 0 Å². The molecular formula is C36H54CoI3N2O2. The third-order valence-corrected chi connectivity index (χ3v) is 8.13. The molecule has 1 saturated carbocycles. The Kier molecular flexibility index (Phi) is 14.6. The second-order valence-electron chi connectivity index (χ2n) is 16.0. The fourth-order valence-electron chi connectivity index (χ4n) is 5.31. The Morgan fingerprint density at radius 1 is 0.591 bits per heavy atom. The molecule has 0 aromatic heterocycles. The van der Waals surface area contributed by atoms with Crippen molar-refractivity contribution in [3.63, 3.8) is 0 Å². The van der Waals surface area contributed by atoms with Crippen molar-refractivity contribution in [2.75, 3.05) is 0 Å². The van der Waals surface area contributed by atoms with Gasteiger partial charge in [-0.15, -0.1) is 0 Å². The Morgan fingerprint density at radius 3 is 1.14 bits per heavy atom. The van der Waals surface area contributed by atoms with E-state index in [1.54, 1.807) is 0 Å². The van der Waals surface area contributed by atoms with Crippen LogP contribution < -0.4 is 0 Å². The van der Waals surface area contributed by atoms with Crippen molar-refractivity contribution in [1.29, 1.82) is 0 Å². The number of halogens is 3. The Hall–Kier alpha value is 0.0765. The third-order valence-electron chi connectivity index (χ3n) is 8.13. The maximum atomic E-state index is 11.2. The van der Waals surface area contributed by atoms with Gasteiger partial charge in [-0.1, -0.05) is 108 Å². The maximum absolute atomic E-state index is 11.2. The summed E-state index contributed by atoms with van der Waals surface area (Å²) >= 11 is 7.14. The van der Waals surface area contributed by atoms with E-state index in [4.69, 9.17) is 9.98 Å². The van der Waals surface area contributed by atoms with Crippen LogP contribution in [0.4, 0.5) is 0 Å². The number of aromatic hydroxyl groups is 2. The number of phenols is 2. The fraction of sp³-hybridized carbons (Fsp3) is 0.611. The molecule has 0 saturated heterocycles. The van der Waals surface area contributed by atoms with Crippen LogP contribution in [-0.2, 0) is 25.7 Å². The Morgan fingerprint density at radius 2 is 0.886 bits per heavy atom. The number of aliphatic imine (C=N–C) groups is 2. The summed E-state index contributed by atoms with van der Waals surface area (Å²) in [5.41, 5.74) is 5.39. The van der Waals surface area contributed by atoms with Gasteiger partial charge in [0.25, 0.3) is 0 Å². The molecule has 0 aliphatic heterocycles. The number of nitrogens with zero attached hydrogens (tertiary/aromatic N) is 2. The van der Waals surface area contributed by atoms with Gasteiger partial charge in [-0.3, -0.25) is 9.98 Å². The van der Waals surface area contributed by atoms with Crippen LogP contribution in [0.25, 0.3) is 0 Å². The Bertz CT molecular complexity index is 1230. The van der Waals surface area contributed by atoms with E-state index >= 15 is 0 Å². The van der Waals surface area contributed by atoms with Gasteiger partial charge in [-0.2, -0.15) is 0 Å². The molecule has 4 nitrogen and oxygen atoms in total. The minimum absolute atomic E-state index is 0.0378. The van der Waals surface area contributed by atoms with E-state index in [2.05, 4.69) is 169 Å². The molecule has 1 aliphatic rings. The SMILES string of the molecule is CC(C)(C)c1cc(C=N[C@@H]2CCCC[C@H]2N=Cc2cc(C(C)(C)C)cc(C(C)(C)C)c2O)c(O)c(C(C)(C)C)c1.[I][Co]([I])[I]. The second kappa shape index (κ2) is 16.0. The van der Waals surface area contributed by atoms with E-state index < -0.39 is 0 Å². The average molecular weight is 986 g/mol. The summed E-state index contributed by atoms with van der Waals surface area (Å²) in [5.74, 6) is 0.637. The minimum atomic E-state index is -0.179. The van der Waals surface area contributed by atoms with Crippen LogP contribution in [0.15, 0.2) is 34.3 Å². The molecule has 0 bridgehead atoms. The van der Waals surface area contributed by atoms with Gasteiger partial charge in [0.1, 0.15) is 11.5 Å². The summed E-state index contributed by atoms with van der Waals surface area (Å²) in [5, 5.41) is 22.5. The zero-order chi connectivity index (χ0) is 33.8. The summed E-state index contributed by atoms with van der Waals surface area (Å²) in [6, 6.07) is 8.53. The summed E-state index contributed by atoms with van der Waals surface area (Å²) in [6.45, 7) is 26.0. The van der Waals surface area contributed by atoms with Gasteiger partial charge in [-0.25, -0.2) is 0 Å². The van der Waals surface area contributed by atoms with E-state index in [-0.39, 0.29) is 33.7 Å². The number of hydrogen-bond donors (Lipinski definition) is 2. The van der Waals surface area contributed by atoms with Crippen molar-refractivity contribution in [1.82, 2.24) is 0 Å². The molecular weight excluding hydrogens is 932 g/mol. The molecule has 1 aliphatic carbocycles. The molecule has 0 unspecified atom stereocenters. The molecule has 0 amide bonds. The number of hydrogen-bond acceptors (Lipinski definition) is 4. The first kappa shape index (κ1) is 40.3. The van der Waals surface area contributed by atoms with Gasteiger partial charge in [0.05, 0.1) is 12.1 Å². The van der Waals surface area contributed by atoms with Crippen LogP contribution >= 0.6 is 61.2 Å². The monoisotopic (exact) mass is 986 g/mol. The predicted octanol–water partition coefficient (Wildman–Crippen LogP) is 11.8. The number of phenolic OH excluding ortho intramolecular Hbond substituents is 2.